The SMILES string of the molecule is CC(CSCc1ccc(Br)cc1F)C(=O)O. The van der Waals surface area contributed by atoms with Gasteiger partial charge in [-0.15, -0.1) is 0 Å². The minimum absolute atomic E-state index is 0.259. The van der Waals surface area contributed by atoms with E-state index in [2.05, 4.69) is 15.9 Å². The first-order valence-corrected chi connectivity index (χ1v) is 6.70. The molecule has 0 heterocycles. The highest BCUT2D eigenvalue weighted by molar-refractivity contribution is 9.10. The van der Waals surface area contributed by atoms with E-state index >= 15 is 0 Å². The zero-order valence-corrected chi connectivity index (χ0v) is 11.1. The van der Waals surface area contributed by atoms with Crippen molar-refractivity contribution in [2.45, 2.75) is 12.7 Å². The Morgan fingerprint density at radius 2 is 2.31 bits per heavy atom. The standard InChI is InChI=1S/C11H12BrFO2S/c1-7(11(14)15)5-16-6-8-2-3-9(12)4-10(8)13/h2-4,7H,5-6H2,1H3,(H,14,15). The molecule has 0 saturated carbocycles. The van der Waals surface area contributed by atoms with Gasteiger partial charge in [0.2, 0.25) is 0 Å². The van der Waals surface area contributed by atoms with Crippen molar-refractivity contribution < 1.29 is 14.3 Å². The predicted molar refractivity (Wildman–Crippen MR) is 67.1 cm³/mol. The van der Waals surface area contributed by atoms with Crippen molar-refractivity contribution in [2.75, 3.05) is 5.75 Å². The Hall–Kier alpha value is -0.550. The minimum atomic E-state index is -0.816. The number of benzene rings is 1. The molecule has 1 N–H and O–H groups in total. The number of carboxylic acid groups (broad SMARTS) is 1. The Morgan fingerprint density at radius 3 is 2.88 bits per heavy atom. The number of aliphatic carboxylic acids is 1. The van der Waals surface area contributed by atoms with Gasteiger partial charge >= 0.3 is 5.97 Å². The van der Waals surface area contributed by atoms with Gasteiger partial charge in [0.15, 0.2) is 0 Å². The topological polar surface area (TPSA) is 37.3 Å². The van der Waals surface area contributed by atoms with Gasteiger partial charge in [0, 0.05) is 16.0 Å². The van der Waals surface area contributed by atoms with E-state index in [0.29, 0.717) is 21.5 Å². The summed E-state index contributed by atoms with van der Waals surface area (Å²) in [5.74, 6) is -0.487. The van der Waals surface area contributed by atoms with Crippen LogP contribution in [0.2, 0.25) is 0 Å². The van der Waals surface area contributed by atoms with Gasteiger partial charge in [-0.3, -0.25) is 4.79 Å². The first-order chi connectivity index (χ1) is 7.50. The number of hydrogen-bond donors (Lipinski definition) is 1. The van der Waals surface area contributed by atoms with Crippen LogP contribution in [-0.2, 0) is 10.5 Å². The van der Waals surface area contributed by atoms with Crippen LogP contribution in [-0.4, -0.2) is 16.8 Å². The fourth-order valence-electron chi connectivity index (χ4n) is 1.06. The number of halogens is 2. The van der Waals surface area contributed by atoms with Gasteiger partial charge in [0.25, 0.3) is 0 Å². The number of thioether (sulfide) groups is 1. The summed E-state index contributed by atoms with van der Waals surface area (Å²) in [7, 11) is 0. The summed E-state index contributed by atoms with van der Waals surface area (Å²) in [6.07, 6.45) is 0. The quantitative estimate of drug-likeness (QED) is 0.904. The first-order valence-electron chi connectivity index (χ1n) is 4.75. The van der Waals surface area contributed by atoms with Crippen LogP contribution in [0.1, 0.15) is 12.5 Å². The van der Waals surface area contributed by atoms with E-state index in [4.69, 9.17) is 5.11 Å². The molecule has 0 radical (unpaired) electrons. The van der Waals surface area contributed by atoms with E-state index in [9.17, 15) is 9.18 Å². The number of carbonyl (C=O) groups is 1. The fraction of sp³-hybridized carbons (Fsp3) is 0.364. The Kier molecular flexibility index (Phi) is 5.28. The van der Waals surface area contributed by atoms with Crippen molar-refractivity contribution in [3.05, 3.63) is 34.1 Å². The lowest BCUT2D eigenvalue weighted by atomic mass is 10.2. The van der Waals surface area contributed by atoms with Gasteiger partial charge < -0.3 is 5.11 Å². The molecule has 0 fully saturated rings. The minimum Gasteiger partial charge on any atom is -0.481 e. The second-order valence-corrected chi connectivity index (χ2v) is 5.44. The highest BCUT2D eigenvalue weighted by Crippen LogP contribution is 2.21. The number of rotatable bonds is 5. The molecule has 1 rings (SSSR count). The first kappa shape index (κ1) is 13.5. The molecule has 1 aromatic carbocycles. The lowest BCUT2D eigenvalue weighted by molar-refractivity contribution is -0.140. The third-order valence-electron chi connectivity index (χ3n) is 2.06. The van der Waals surface area contributed by atoms with E-state index in [1.807, 2.05) is 0 Å². The van der Waals surface area contributed by atoms with Crippen LogP contribution in [0.4, 0.5) is 4.39 Å². The molecule has 1 aromatic rings. The van der Waals surface area contributed by atoms with Crippen LogP contribution in [0.5, 0.6) is 0 Å². The third kappa shape index (κ3) is 4.14. The molecule has 0 aromatic heterocycles. The van der Waals surface area contributed by atoms with Gasteiger partial charge in [-0.25, -0.2) is 4.39 Å². The highest BCUT2D eigenvalue weighted by Gasteiger charge is 2.11. The lowest BCUT2D eigenvalue weighted by Crippen LogP contribution is -2.11. The van der Waals surface area contributed by atoms with Gasteiger partial charge in [-0.1, -0.05) is 28.9 Å². The second-order valence-electron chi connectivity index (χ2n) is 3.49. The van der Waals surface area contributed by atoms with Gasteiger partial charge in [0.05, 0.1) is 5.92 Å². The molecule has 16 heavy (non-hydrogen) atoms. The molecule has 0 aliphatic carbocycles. The van der Waals surface area contributed by atoms with Crippen molar-refractivity contribution >= 4 is 33.7 Å². The molecular formula is C11H12BrFO2S. The summed E-state index contributed by atoms with van der Waals surface area (Å²) in [5.41, 5.74) is 0.603. The molecule has 88 valence electrons. The monoisotopic (exact) mass is 306 g/mol. The van der Waals surface area contributed by atoms with Gasteiger partial charge in [-0.2, -0.15) is 11.8 Å². The lowest BCUT2D eigenvalue weighted by Gasteiger charge is -2.06. The van der Waals surface area contributed by atoms with E-state index in [1.165, 1.54) is 17.8 Å². The number of carboxylic acids is 1. The Bertz CT molecular complexity index is 384. The smallest absolute Gasteiger partial charge is 0.307 e. The summed E-state index contributed by atoms with van der Waals surface area (Å²) >= 11 is 4.61. The van der Waals surface area contributed by atoms with Crippen LogP contribution in [0.25, 0.3) is 0 Å². The maximum Gasteiger partial charge on any atom is 0.307 e. The molecule has 0 saturated heterocycles. The van der Waals surface area contributed by atoms with E-state index in [0.717, 1.165) is 0 Å². The predicted octanol–water partition coefficient (Wildman–Crippen LogP) is 3.54. The van der Waals surface area contributed by atoms with Crippen molar-refractivity contribution in [3.8, 4) is 0 Å². The Balaban J connectivity index is 2.46. The molecular weight excluding hydrogens is 295 g/mol. The van der Waals surface area contributed by atoms with Crippen LogP contribution >= 0.6 is 27.7 Å². The maximum absolute atomic E-state index is 13.4. The highest BCUT2D eigenvalue weighted by atomic mass is 79.9. The largest absolute Gasteiger partial charge is 0.481 e. The summed E-state index contributed by atoms with van der Waals surface area (Å²) in [5, 5.41) is 8.68. The zero-order chi connectivity index (χ0) is 12.1. The zero-order valence-electron chi connectivity index (χ0n) is 8.74. The molecule has 0 aliphatic rings. The Morgan fingerprint density at radius 1 is 1.62 bits per heavy atom. The van der Waals surface area contributed by atoms with Crippen molar-refractivity contribution in [1.29, 1.82) is 0 Å². The fourth-order valence-corrected chi connectivity index (χ4v) is 2.46. The third-order valence-corrected chi connectivity index (χ3v) is 3.81. The Labute approximate surface area is 106 Å². The van der Waals surface area contributed by atoms with E-state index < -0.39 is 11.9 Å². The van der Waals surface area contributed by atoms with Crippen LogP contribution in [0.15, 0.2) is 22.7 Å². The molecule has 0 amide bonds. The average Bonchev–Trinajstić information content (AvgIpc) is 2.20. The molecule has 1 unspecified atom stereocenters. The second kappa shape index (κ2) is 6.25. The molecule has 0 aliphatic heterocycles. The van der Waals surface area contributed by atoms with Crippen LogP contribution in [0.3, 0.4) is 0 Å². The summed E-state index contributed by atoms with van der Waals surface area (Å²) in [6, 6.07) is 4.90. The number of hydrogen-bond acceptors (Lipinski definition) is 2. The van der Waals surface area contributed by atoms with Gasteiger partial charge in [0.1, 0.15) is 5.82 Å². The van der Waals surface area contributed by atoms with Gasteiger partial charge in [-0.05, 0) is 17.7 Å². The average molecular weight is 307 g/mol. The molecule has 5 heteroatoms. The van der Waals surface area contributed by atoms with Crippen LogP contribution in [0, 0.1) is 11.7 Å². The van der Waals surface area contributed by atoms with Crippen LogP contribution < -0.4 is 0 Å². The molecule has 1 atom stereocenters. The van der Waals surface area contributed by atoms with Crippen molar-refractivity contribution in [2.24, 2.45) is 5.92 Å². The summed E-state index contributed by atoms with van der Waals surface area (Å²) < 4.78 is 14.1. The van der Waals surface area contributed by atoms with Crippen molar-refractivity contribution in [3.63, 3.8) is 0 Å². The molecule has 2 nitrogen and oxygen atoms in total. The van der Waals surface area contributed by atoms with E-state index in [-0.39, 0.29) is 5.82 Å². The maximum atomic E-state index is 13.4. The summed E-state index contributed by atoms with van der Waals surface area (Å²) in [6.45, 7) is 1.65. The molecule has 0 spiro atoms. The van der Waals surface area contributed by atoms with E-state index in [1.54, 1.807) is 19.1 Å². The van der Waals surface area contributed by atoms with Crippen molar-refractivity contribution in [1.82, 2.24) is 0 Å². The molecule has 0 bridgehead atoms. The normalized spacial score (nSPS) is 12.4. The summed E-state index contributed by atoms with van der Waals surface area (Å²) in [4.78, 5) is 10.6.